The molecule has 4 rings (SSSR count). The minimum absolute atomic E-state index is 0.0217. The first-order chi connectivity index (χ1) is 15.6. The number of amides is 1. The molecule has 0 unspecified atom stereocenters. The van der Waals surface area contributed by atoms with Crippen LogP contribution in [0.4, 0.5) is 5.69 Å². The lowest BCUT2D eigenvalue weighted by molar-refractivity contribution is -0.120. The number of piperazine rings is 1. The summed E-state index contributed by atoms with van der Waals surface area (Å²) in [4.78, 5) is 25.3. The molecule has 0 aliphatic carbocycles. The van der Waals surface area contributed by atoms with Crippen molar-refractivity contribution in [3.8, 4) is 11.5 Å². The van der Waals surface area contributed by atoms with Crippen molar-refractivity contribution in [2.75, 3.05) is 31.6 Å². The van der Waals surface area contributed by atoms with Crippen LogP contribution in [0.2, 0.25) is 0 Å². The summed E-state index contributed by atoms with van der Waals surface area (Å²) in [5, 5.41) is 11.5. The monoisotopic (exact) mass is 436 g/mol. The Morgan fingerprint density at radius 2 is 2.19 bits per heavy atom. The van der Waals surface area contributed by atoms with Gasteiger partial charge in [-0.05, 0) is 24.1 Å². The number of nitrogens with zero attached hydrogens (tertiary/aromatic N) is 7. The van der Waals surface area contributed by atoms with Crippen LogP contribution in [-0.4, -0.2) is 63.4 Å². The Morgan fingerprint density at radius 3 is 2.91 bits per heavy atom. The molecule has 10 nitrogen and oxygen atoms in total. The zero-order valence-electron chi connectivity index (χ0n) is 18.7. The van der Waals surface area contributed by atoms with Crippen LogP contribution in [0.5, 0.6) is 0 Å². The molecule has 1 aromatic carbocycles. The minimum Gasteiger partial charge on any atom is -0.352 e. The molecule has 0 radical (unpaired) electrons. The summed E-state index contributed by atoms with van der Waals surface area (Å²) in [6.07, 6.45) is 5.33. The summed E-state index contributed by atoms with van der Waals surface area (Å²) >= 11 is 0. The summed E-state index contributed by atoms with van der Waals surface area (Å²) in [5.41, 5.74) is 2.76. The van der Waals surface area contributed by atoms with Crippen LogP contribution in [0, 0.1) is 0 Å². The number of aliphatic imine (C=N–C) groups is 1. The van der Waals surface area contributed by atoms with E-state index in [1.165, 1.54) is 0 Å². The maximum atomic E-state index is 12.7. The van der Waals surface area contributed by atoms with Crippen LogP contribution in [0.1, 0.15) is 24.7 Å². The number of guanidine groups is 1. The lowest BCUT2D eigenvalue weighted by atomic mass is 10.1. The predicted octanol–water partition coefficient (Wildman–Crippen LogP) is 1.85. The fourth-order valence-corrected chi connectivity index (χ4v) is 3.70. The van der Waals surface area contributed by atoms with E-state index in [4.69, 9.17) is 4.52 Å². The van der Waals surface area contributed by atoms with Crippen LogP contribution < -0.4 is 10.2 Å². The van der Waals surface area contributed by atoms with Crippen molar-refractivity contribution in [1.82, 2.24) is 30.1 Å². The lowest BCUT2D eigenvalue weighted by Gasteiger charge is -2.35. The first kappa shape index (κ1) is 21.5. The highest BCUT2D eigenvalue weighted by molar-refractivity contribution is 5.98. The highest BCUT2D eigenvalue weighted by atomic mass is 16.5. The zero-order chi connectivity index (χ0) is 22.5. The summed E-state index contributed by atoms with van der Waals surface area (Å²) in [7, 11) is 3.57. The molecular formula is C22H28N8O2. The third kappa shape index (κ3) is 4.79. The van der Waals surface area contributed by atoms with E-state index in [2.05, 4.69) is 32.5 Å². The molecule has 10 heteroatoms. The minimum atomic E-state index is 0.0217. The van der Waals surface area contributed by atoms with Crippen LogP contribution in [0.3, 0.4) is 0 Å². The standard InChI is InChI=1S/C22H28N8O2/c1-4-6-19-26-21(32-27-19)17-8-5-7-16(11-17)12-24-22(23-2)29-9-10-30(20(31)15-29)18-13-25-28(3)14-18/h5,7-8,11,13-14H,4,6,9-10,12,15H2,1-3H3,(H,23,24). The summed E-state index contributed by atoms with van der Waals surface area (Å²) in [6.45, 7) is 4.17. The van der Waals surface area contributed by atoms with Gasteiger partial charge in [0.2, 0.25) is 5.91 Å². The van der Waals surface area contributed by atoms with Gasteiger partial charge in [-0.1, -0.05) is 24.2 Å². The smallest absolute Gasteiger partial charge is 0.257 e. The van der Waals surface area contributed by atoms with Gasteiger partial charge >= 0.3 is 0 Å². The van der Waals surface area contributed by atoms with Crippen molar-refractivity contribution >= 4 is 17.6 Å². The maximum Gasteiger partial charge on any atom is 0.257 e. The molecule has 0 saturated carbocycles. The average molecular weight is 437 g/mol. The van der Waals surface area contributed by atoms with Gasteiger partial charge in [-0.3, -0.25) is 14.5 Å². The second kappa shape index (κ2) is 9.63. The van der Waals surface area contributed by atoms with E-state index >= 15 is 0 Å². The molecule has 1 aliphatic rings. The number of carbonyl (C=O) groups excluding carboxylic acids is 1. The Labute approximate surface area is 186 Å². The van der Waals surface area contributed by atoms with E-state index in [1.807, 2.05) is 42.4 Å². The number of aromatic nitrogens is 4. The number of hydrogen-bond donors (Lipinski definition) is 1. The fraction of sp³-hybridized carbons (Fsp3) is 0.409. The van der Waals surface area contributed by atoms with E-state index in [1.54, 1.807) is 22.8 Å². The third-order valence-electron chi connectivity index (χ3n) is 5.30. The molecule has 1 aliphatic heterocycles. The van der Waals surface area contributed by atoms with Gasteiger partial charge in [0.25, 0.3) is 5.89 Å². The van der Waals surface area contributed by atoms with Crippen molar-refractivity contribution < 1.29 is 9.32 Å². The molecule has 1 fully saturated rings. The summed E-state index contributed by atoms with van der Waals surface area (Å²) in [5.74, 6) is 1.96. The molecule has 1 N–H and O–H groups in total. The van der Waals surface area contributed by atoms with Crippen molar-refractivity contribution in [3.63, 3.8) is 0 Å². The number of nitrogens with one attached hydrogen (secondary N) is 1. The topological polar surface area (TPSA) is 105 Å². The normalized spacial score (nSPS) is 14.8. The number of hydrogen-bond acceptors (Lipinski definition) is 6. The van der Waals surface area contributed by atoms with Crippen LogP contribution in [0.15, 0.2) is 46.2 Å². The Balaban J connectivity index is 1.37. The first-order valence-corrected chi connectivity index (χ1v) is 10.7. The van der Waals surface area contributed by atoms with Gasteiger partial charge in [0.05, 0.1) is 11.9 Å². The summed E-state index contributed by atoms with van der Waals surface area (Å²) in [6, 6.07) is 7.97. The van der Waals surface area contributed by atoms with Gasteiger partial charge in [0.15, 0.2) is 11.8 Å². The molecule has 2 aromatic heterocycles. The quantitative estimate of drug-likeness (QED) is 0.464. The van der Waals surface area contributed by atoms with E-state index in [-0.39, 0.29) is 12.5 Å². The SMILES string of the molecule is CCCc1noc(-c2cccc(CNC(=NC)N3CCN(c4cnn(C)c4)C(=O)C3)c2)n1. The highest BCUT2D eigenvalue weighted by Gasteiger charge is 2.27. The van der Waals surface area contributed by atoms with Gasteiger partial charge in [-0.2, -0.15) is 10.1 Å². The third-order valence-corrected chi connectivity index (χ3v) is 5.30. The van der Waals surface area contributed by atoms with Gasteiger partial charge in [-0.25, -0.2) is 0 Å². The van der Waals surface area contributed by atoms with E-state index < -0.39 is 0 Å². The second-order valence-corrected chi connectivity index (χ2v) is 7.71. The number of rotatable bonds is 6. The molecule has 0 spiro atoms. The Morgan fingerprint density at radius 1 is 1.31 bits per heavy atom. The van der Waals surface area contributed by atoms with Gasteiger partial charge in [0.1, 0.15) is 6.54 Å². The molecule has 0 atom stereocenters. The molecule has 1 saturated heterocycles. The van der Waals surface area contributed by atoms with Crippen molar-refractivity contribution in [3.05, 3.63) is 48.0 Å². The van der Waals surface area contributed by atoms with Crippen molar-refractivity contribution in [2.24, 2.45) is 12.0 Å². The number of benzene rings is 1. The van der Waals surface area contributed by atoms with E-state index in [0.717, 1.165) is 35.5 Å². The largest absolute Gasteiger partial charge is 0.352 e. The zero-order valence-corrected chi connectivity index (χ0v) is 18.7. The first-order valence-electron chi connectivity index (χ1n) is 10.7. The van der Waals surface area contributed by atoms with Gasteiger partial charge < -0.3 is 19.6 Å². The second-order valence-electron chi connectivity index (χ2n) is 7.71. The lowest BCUT2D eigenvalue weighted by Crippen LogP contribution is -2.55. The summed E-state index contributed by atoms with van der Waals surface area (Å²) < 4.78 is 7.10. The Kier molecular flexibility index (Phi) is 6.48. The predicted molar refractivity (Wildman–Crippen MR) is 121 cm³/mol. The van der Waals surface area contributed by atoms with Gasteiger partial charge in [-0.15, -0.1) is 0 Å². The fourth-order valence-electron chi connectivity index (χ4n) is 3.70. The Hall–Kier alpha value is -3.69. The number of aryl methyl sites for hydroxylation is 2. The van der Waals surface area contributed by atoms with E-state index in [0.29, 0.717) is 31.5 Å². The van der Waals surface area contributed by atoms with Gasteiger partial charge in [0, 0.05) is 51.9 Å². The maximum absolute atomic E-state index is 12.7. The van der Waals surface area contributed by atoms with Crippen LogP contribution in [0.25, 0.3) is 11.5 Å². The van der Waals surface area contributed by atoms with Crippen LogP contribution >= 0.6 is 0 Å². The van der Waals surface area contributed by atoms with Crippen molar-refractivity contribution in [1.29, 1.82) is 0 Å². The molecule has 0 bridgehead atoms. The molecule has 32 heavy (non-hydrogen) atoms. The average Bonchev–Trinajstić information content (AvgIpc) is 3.44. The molecule has 3 heterocycles. The molecule has 3 aromatic rings. The number of anilines is 1. The molecule has 1 amide bonds. The van der Waals surface area contributed by atoms with Crippen molar-refractivity contribution in [2.45, 2.75) is 26.3 Å². The highest BCUT2D eigenvalue weighted by Crippen LogP contribution is 2.19. The molecular weight excluding hydrogens is 408 g/mol. The number of carbonyl (C=O) groups is 1. The van der Waals surface area contributed by atoms with Crippen LogP contribution in [-0.2, 0) is 24.8 Å². The van der Waals surface area contributed by atoms with E-state index in [9.17, 15) is 4.79 Å². The molecule has 168 valence electrons. The Bertz CT molecular complexity index is 1100.